The molecule has 5 heteroatoms. The molecule has 112 valence electrons. The smallest absolute Gasteiger partial charge is 0.136 e. The van der Waals surface area contributed by atoms with E-state index >= 15 is 0 Å². The number of nitriles is 1. The monoisotopic (exact) mass is 340 g/mol. The summed E-state index contributed by atoms with van der Waals surface area (Å²) in [5.41, 5.74) is 1.76. The highest BCUT2D eigenvalue weighted by Crippen LogP contribution is 2.32. The number of hydrogen-bond donors (Lipinski definition) is 0. The number of hydrogen-bond acceptors (Lipinski definition) is 3. The minimum absolute atomic E-state index is 0.425. The summed E-state index contributed by atoms with van der Waals surface area (Å²) < 4.78 is 5.76. The molecule has 3 aromatic rings. The van der Waals surface area contributed by atoms with Crippen molar-refractivity contribution in [3.8, 4) is 17.4 Å². The van der Waals surface area contributed by atoms with Gasteiger partial charge in [0.05, 0.1) is 16.3 Å². The highest BCUT2D eigenvalue weighted by molar-refractivity contribution is 6.36. The Balaban J connectivity index is 1.96. The molecule has 2 aromatic heterocycles. The lowest BCUT2D eigenvalue weighted by molar-refractivity contribution is 0.572. The first-order chi connectivity index (χ1) is 11.2. The molecule has 3 nitrogen and oxygen atoms in total. The second kappa shape index (κ2) is 6.70. The second-order valence-electron chi connectivity index (χ2n) is 4.71. The molecular formula is C18H10Cl2N2O. The molecular weight excluding hydrogens is 331 g/mol. The van der Waals surface area contributed by atoms with Crippen molar-refractivity contribution >= 4 is 34.9 Å². The van der Waals surface area contributed by atoms with Gasteiger partial charge >= 0.3 is 0 Å². The Kier molecular flexibility index (Phi) is 4.47. The van der Waals surface area contributed by atoms with Gasteiger partial charge in [-0.05, 0) is 42.5 Å². The maximum Gasteiger partial charge on any atom is 0.136 e. The van der Waals surface area contributed by atoms with E-state index in [-0.39, 0.29) is 0 Å². The van der Waals surface area contributed by atoms with E-state index in [1.807, 2.05) is 6.07 Å². The average Bonchev–Trinajstić information content (AvgIpc) is 3.01. The van der Waals surface area contributed by atoms with Gasteiger partial charge in [0.25, 0.3) is 0 Å². The van der Waals surface area contributed by atoms with Gasteiger partial charge in [-0.2, -0.15) is 5.26 Å². The van der Waals surface area contributed by atoms with Crippen LogP contribution in [0, 0.1) is 11.3 Å². The molecule has 0 N–H and O–H groups in total. The fourth-order valence-electron chi connectivity index (χ4n) is 2.09. The van der Waals surface area contributed by atoms with Crippen molar-refractivity contribution in [2.45, 2.75) is 0 Å². The molecule has 0 bridgehead atoms. The number of pyridine rings is 1. The molecule has 0 fully saturated rings. The maximum absolute atomic E-state index is 9.30. The van der Waals surface area contributed by atoms with E-state index in [2.05, 4.69) is 11.1 Å². The van der Waals surface area contributed by atoms with E-state index in [4.69, 9.17) is 27.6 Å². The van der Waals surface area contributed by atoms with Gasteiger partial charge in [0, 0.05) is 22.9 Å². The summed E-state index contributed by atoms with van der Waals surface area (Å²) in [5, 5.41) is 10.4. The molecule has 0 saturated carbocycles. The SMILES string of the molecule is N#CC(=Cc1ccc(-c2ccc(Cl)cc2Cl)o1)c1ccccn1. The summed E-state index contributed by atoms with van der Waals surface area (Å²) in [6.45, 7) is 0. The molecule has 0 aliphatic rings. The van der Waals surface area contributed by atoms with E-state index in [1.54, 1.807) is 54.7 Å². The van der Waals surface area contributed by atoms with Crippen LogP contribution in [0.4, 0.5) is 0 Å². The summed E-state index contributed by atoms with van der Waals surface area (Å²) in [6, 6.07) is 16.3. The minimum atomic E-state index is 0.425. The van der Waals surface area contributed by atoms with Crippen LogP contribution in [0.3, 0.4) is 0 Å². The largest absolute Gasteiger partial charge is 0.457 e. The zero-order valence-corrected chi connectivity index (χ0v) is 13.3. The van der Waals surface area contributed by atoms with Gasteiger partial charge in [0.15, 0.2) is 0 Å². The van der Waals surface area contributed by atoms with Crippen molar-refractivity contribution in [2.75, 3.05) is 0 Å². The molecule has 0 unspecified atom stereocenters. The highest BCUT2D eigenvalue weighted by Gasteiger charge is 2.10. The predicted molar refractivity (Wildman–Crippen MR) is 91.9 cm³/mol. The third-order valence-corrected chi connectivity index (χ3v) is 3.72. The van der Waals surface area contributed by atoms with E-state index in [1.165, 1.54) is 0 Å². The quantitative estimate of drug-likeness (QED) is 0.573. The summed E-state index contributed by atoms with van der Waals surface area (Å²) in [6.07, 6.45) is 3.29. The number of nitrogens with zero attached hydrogens (tertiary/aromatic N) is 2. The fourth-order valence-corrected chi connectivity index (χ4v) is 2.59. The number of halogens is 2. The van der Waals surface area contributed by atoms with Crippen LogP contribution in [0.25, 0.3) is 23.0 Å². The third-order valence-electron chi connectivity index (χ3n) is 3.17. The van der Waals surface area contributed by atoms with Gasteiger partial charge in [-0.25, -0.2) is 0 Å². The Labute approximate surface area is 143 Å². The van der Waals surface area contributed by atoms with E-state index in [0.29, 0.717) is 32.8 Å². The number of benzene rings is 1. The Bertz CT molecular complexity index is 908. The molecule has 0 spiro atoms. The molecule has 0 radical (unpaired) electrons. The molecule has 1 aromatic carbocycles. The molecule has 2 heterocycles. The van der Waals surface area contributed by atoms with E-state index < -0.39 is 0 Å². The van der Waals surface area contributed by atoms with Gasteiger partial charge < -0.3 is 4.42 Å². The van der Waals surface area contributed by atoms with Crippen molar-refractivity contribution in [1.29, 1.82) is 5.26 Å². The lowest BCUT2D eigenvalue weighted by Gasteiger charge is -2.01. The predicted octanol–water partition coefficient (Wildman–Crippen LogP) is 5.71. The first-order valence-corrected chi connectivity index (χ1v) is 7.51. The molecule has 0 atom stereocenters. The highest BCUT2D eigenvalue weighted by atomic mass is 35.5. The lowest BCUT2D eigenvalue weighted by atomic mass is 10.1. The van der Waals surface area contributed by atoms with Gasteiger partial charge in [0.2, 0.25) is 0 Å². The van der Waals surface area contributed by atoms with Gasteiger partial charge in [-0.3, -0.25) is 4.98 Å². The minimum Gasteiger partial charge on any atom is -0.457 e. The van der Waals surface area contributed by atoms with Gasteiger partial charge in [0.1, 0.15) is 17.6 Å². The van der Waals surface area contributed by atoms with Crippen LogP contribution in [0.1, 0.15) is 11.5 Å². The van der Waals surface area contributed by atoms with Crippen LogP contribution >= 0.6 is 23.2 Å². The molecule has 0 amide bonds. The lowest BCUT2D eigenvalue weighted by Crippen LogP contribution is -1.85. The second-order valence-corrected chi connectivity index (χ2v) is 5.55. The van der Waals surface area contributed by atoms with Gasteiger partial charge in [-0.1, -0.05) is 29.3 Å². The third kappa shape index (κ3) is 3.45. The normalized spacial score (nSPS) is 11.3. The molecule has 0 aliphatic heterocycles. The Hall–Kier alpha value is -2.54. The van der Waals surface area contributed by atoms with Crippen molar-refractivity contribution in [3.63, 3.8) is 0 Å². The topological polar surface area (TPSA) is 49.8 Å². The first-order valence-electron chi connectivity index (χ1n) is 6.76. The Morgan fingerprint density at radius 2 is 2.00 bits per heavy atom. The van der Waals surface area contributed by atoms with Gasteiger partial charge in [-0.15, -0.1) is 0 Å². The van der Waals surface area contributed by atoms with Crippen LogP contribution in [0.15, 0.2) is 59.1 Å². The molecule has 0 saturated heterocycles. The Morgan fingerprint density at radius 1 is 1.13 bits per heavy atom. The van der Waals surface area contributed by atoms with Crippen LogP contribution in [-0.2, 0) is 0 Å². The van der Waals surface area contributed by atoms with Crippen LogP contribution in [0.2, 0.25) is 10.0 Å². The summed E-state index contributed by atoms with van der Waals surface area (Å²) >= 11 is 12.1. The summed E-state index contributed by atoms with van der Waals surface area (Å²) in [4.78, 5) is 4.17. The number of allylic oxidation sites excluding steroid dienone is 1. The maximum atomic E-state index is 9.30. The fraction of sp³-hybridized carbons (Fsp3) is 0. The van der Waals surface area contributed by atoms with E-state index in [9.17, 15) is 5.26 Å². The zero-order valence-electron chi connectivity index (χ0n) is 11.8. The molecule has 23 heavy (non-hydrogen) atoms. The van der Waals surface area contributed by atoms with Crippen LogP contribution < -0.4 is 0 Å². The Morgan fingerprint density at radius 3 is 2.70 bits per heavy atom. The van der Waals surface area contributed by atoms with Crippen molar-refractivity contribution in [2.24, 2.45) is 0 Å². The molecule has 3 rings (SSSR count). The molecule has 0 aliphatic carbocycles. The number of rotatable bonds is 3. The zero-order chi connectivity index (χ0) is 16.2. The number of furan rings is 1. The van der Waals surface area contributed by atoms with Crippen LogP contribution in [0.5, 0.6) is 0 Å². The summed E-state index contributed by atoms with van der Waals surface area (Å²) in [7, 11) is 0. The van der Waals surface area contributed by atoms with E-state index in [0.717, 1.165) is 5.56 Å². The average molecular weight is 341 g/mol. The summed E-state index contributed by atoms with van der Waals surface area (Å²) in [5.74, 6) is 1.16. The van der Waals surface area contributed by atoms with Crippen molar-refractivity contribution in [3.05, 3.63) is 76.2 Å². The first kappa shape index (κ1) is 15.4. The van der Waals surface area contributed by atoms with Crippen LogP contribution in [-0.4, -0.2) is 4.98 Å². The van der Waals surface area contributed by atoms with Crippen molar-refractivity contribution < 1.29 is 4.42 Å². The number of aromatic nitrogens is 1. The standard InChI is InChI=1S/C18H10Cl2N2O/c19-13-4-6-15(16(20)10-13)18-7-5-14(23-18)9-12(11-21)17-3-1-2-8-22-17/h1-10H. The van der Waals surface area contributed by atoms with Crippen molar-refractivity contribution in [1.82, 2.24) is 4.98 Å².